The molecule has 104 valence electrons. The number of nitrogens with zero attached hydrogens (tertiary/aromatic N) is 1. The predicted molar refractivity (Wildman–Crippen MR) is 71.1 cm³/mol. The first-order valence-electron chi connectivity index (χ1n) is 5.73. The lowest BCUT2D eigenvalue weighted by Gasteiger charge is -2.25. The van der Waals surface area contributed by atoms with Crippen LogP contribution in [-0.4, -0.2) is 42.1 Å². The van der Waals surface area contributed by atoms with Gasteiger partial charge in [-0.2, -0.15) is 0 Å². The van der Waals surface area contributed by atoms with Crippen molar-refractivity contribution in [1.29, 1.82) is 0 Å². The van der Waals surface area contributed by atoms with E-state index in [0.717, 1.165) is 5.56 Å². The summed E-state index contributed by atoms with van der Waals surface area (Å²) in [6.45, 7) is 1.09. The van der Waals surface area contributed by atoms with E-state index >= 15 is 0 Å². The molecule has 1 aromatic carbocycles. The number of benzene rings is 1. The van der Waals surface area contributed by atoms with E-state index in [4.69, 9.17) is 21.4 Å². The lowest BCUT2D eigenvalue weighted by atomic mass is 10.1. The van der Waals surface area contributed by atoms with E-state index in [1.54, 1.807) is 13.1 Å². The number of hydrogen-bond donors (Lipinski definition) is 1. The maximum Gasteiger partial charge on any atom is 0.329 e. The molecule has 0 bridgehead atoms. The molecule has 0 aliphatic rings. The smallest absolute Gasteiger partial charge is 0.329 e. The molecular weight excluding hydrogens is 270 g/mol. The molecule has 19 heavy (non-hydrogen) atoms. The van der Waals surface area contributed by atoms with Gasteiger partial charge in [0.1, 0.15) is 13.2 Å². The Kier molecular flexibility index (Phi) is 5.79. The fourth-order valence-electron chi connectivity index (χ4n) is 1.57. The Morgan fingerprint density at radius 1 is 1.37 bits per heavy atom. The summed E-state index contributed by atoms with van der Waals surface area (Å²) in [6.07, 6.45) is 0. The van der Waals surface area contributed by atoms with Crippen LogP contribution in [0.1, 0.15) is 18.5 Å². The quantitative estimate of drug-likeness (QED) is 0.868. The Balaban J connectivity index is 2.61. The zero-order chi connectivity index (χ0) is 14.4. The number of carboxylic acid groups (broad SMARTS) is 1. The topological polar surface area (TPSA) is 66.8 Å². The van der Waals surface area contributed by atoms with E-state index in [1.807, 2.05) is 25.1 Å². The van der Waals surface area contributed by atoms with Crippen LogP contribution >= 0.6 is 11.6 Å². The van der Waals surface area contributed by atoms with Crippen LogP contribution in [0.4, 0.5) is 0 Å². The number of carbonyl (C=O) groups is 2. The summed E-state index contributed by atoms with van der Waals surface area (Å²) in [5.41, 5.74) is 0.832. The van der Waals surface area contributed by atoms with Gasteiger partial charge in [0.2, 0.25) is 5.91 Å². The van der Waals surface area contributed by atoms with Crippen LogP contribution in [0.25, 0.3) is 0 Å². The minimum atomic E-state index is -1.10. The second-order valence-corrected chi connectivity index (χ2v) is 4.50. The van der Waals surface area contributed by atoms with Gasteiger partial charge in [-0.3, -0.25) is 4.79 Å². The molecule has 0 fully saturated rings. The number of halogens is 1. The van der Waals surface area contributed by atoms with Crippen LogP contribution < -0.4 is 0 Å². The van der Waals surface area contributed by atoms with Crippen molar-refractivity contribution in [3.05, 3.63) is 34.9 Å². The molecule has 0 aromatic heterocycles. The van der Waals surface area contributed by atoms with Crippen LogP contribution in [0.3, 0.4) is 0 Å². The molecule has 1 atom stereocenters. The first kappa shape index (κ1) is 15.5. The van der Waals surface area contributed by atoms with Crippen LogP contribution in [-0.2, 0) is 14.3 Å². The van der Waals surface area contributed by atoms with Gasteiger partial charge in [0.25, 0.3) is 0 Å². The zero-order valence-electron chi connectivity index (χ0n) is 10.8. The molecule has 6 heteroatoms. The maximum atomic E-state index is 11.8. The van der Waals surface area contributed by atoms with E-state index < -0.39 is 12.6 Å². The second-order valence-electron chi connectivity index (χ2n) is 4.09. The molecule has 0 aliphatic heterocycles. The predicted octanol–water partition coefficient (Wildman–Crippen LogP) is 1.96. The molecule has 1 aromatic rings. The third kappa shape index (κ3) is 4.54. The molecule has 0 saturated carbocycles. The summed E-state index contributed by atoms with van der Waals surface area (Å²) in [5.74, 6) is -1.40. The van der Waals surface area contributed by atoms with Crippen LogP contribution in [0, 0.1) is 0 Å². The number of hydrogen-bond acceptors (Lipinski definition) is 3. The molecule has 0 aliphatic carbocycles. The summed E-state index contributed by atoms with van der Waals surface area (Å²) in [5, 5.41) is 9.01. The first-order chi connectivity index (χ1) is 8.93. The summed E-state index contributed by atoms with van der Waals surface area (Å²) in [7, 11) is 1.63. The minimum Gasteiger partial charge on any atom is -0.480 e. The SMILES string of the molecule is CC(c1ccccc1Cl)N(C)C(=O)COCC(=O)O. The van der Waals surface area contributed by atoms with Crippen molar-refractivity contribution in [2.45, 2.75) is 13.0 Å². The molecule has 0 saturated heterocycles. The normalized spacial score (nSPS) is 11.9. The highest BCUT2D eigenvalue weighted by atomic mass is 35.5. The van der Waals surface area contributed by atoms with Crippen molar-refractivity contribution < 1.29 is 19.4 Å². The van der Waals surface area contributed by atoms with Crippen molar-refractivity contribution in [3.63, 3.8) is 0 Å². The molecule has 1 amide bonds. The number of carbonyl (C=O) groups excluding carboxylic acids is 1. The Morgan fingerprint density at radius 3 is 2.58 bits per heavy atom. The molecule has 0 heterocycles. The van der Waals surface area contributed by atoms with Gasteiger partial charge in [-0.15, -0.1) is 0 Å². The van der Waals surface area contributed by atoms with Crippen molar-refractivity contribution >= 4 is 23.5 Å². The number of aliphatic carboxylic acids is 1. The lowest BCUT2D eigenvalue weighted by molar-refractivity contribution is -0.146. The molecule has 0 radical (unpaired) electrons. The van der Waals surface area contributed by atoms with Gasteiger partial charge >= 0.3 is 5.97 Å². The summed E-state index contributed by atoms with van der Waals surface area (Å²) < 4.78 is 4.77. The summed E-state index contributed by atoms with van der Waals surface area (Å²) in [6, 6.07) is 7.05. The number of amides is 1. The summed E-state index contributed by atoms with van der Waals surface area (Å²) >= 11 is 6.07. The van der Waals surface area contributed by atoms with E-state index in [-0.39, 0.29) is 18.6 Å². The third-order valence-electron chi connectivity index (χ3n) is 2.78. The monoisotopic (exact) mass is 285 g/mol. The van der Waals surface area contributed by atoms with Crippen molar-refractivity contribution in [2.24, 2.45) is 0 Å². The molecule has 1 rings (SSSR count). The van der Waals surface area contributed by atoms with E-state index in [2.05, 4.69) is 0 Å². The second kappa shape index (κ2) is 7.11. The Morgan fingerprint density at radius 2 is 2.00 bits per heavy atom. The van der Waals surface area contributed by atoms with Gasteiger partial charge in [-0.25, -0.2) is 4.79 Å². The van der Waals surface area contributed by atoms with Crippen LogP contribution in [0.5, 0.6) is 0 Å². The molecule has 5 nitrogen and oxygen atoms in total. The standard InChI is InChI=1S/C13H16ClNO4/c1-9(10-5-3-4-6-11(10)14)15(2)12(16)7-19-8-13(17)18/h3-6,9H,7-8H2,1-2H3,(H,17,18). The van der Waals surface area contributed by atoms with E-state index in [9.17, 15) is 9.59 Å². The average molecular weight is 286 g/mol. The van der Waals surface area contributed by atoms with Crippen LogP contribution in [0.15, 0.2) is 24.3 Å². The van der Waals surface area contributed by atoms with Crippen molar-refractivity contribution in [2.75, 3.05) is 20.3 Å². The number of ether oxygens (including phenoxy) is 1. The highest BCUT2D eigenvalue weighted by molar-refractivity contribution is 6.31. The fourth-order valence-corrected chi connectivity index (χ4v) is 1.86. The average Bonchev–Trinajstić information content (AvgIpc) is 2.37. The third-order valence-corrected chi connectivity index (χ3v) is 3.12. The van der Waals surface area contributed by atoms with E-state index in [1.165, 1.54) is 4.90 Å². The minimum absolute atomic E-state index is 0.213. The number of rotatable bonds is 6. The van der Waals surface area contributed by atoms with Gasteiger partial charge in [0, 0.05) is 12.1 Å². The molecule has 1 N–H and O–H groups in total. The van der Waals surface area contributed by atoms with Gasteiger partial charge in [0.15, 0.2) is 0 Å². The highest BCUT2D eigenvalue weighted by Gasteiger charge is 2.19. The first-order valence-corrected chi connectivity index (χ1v) is 6.11. The summed E-state index contributed by atoms with van der Waals surface area (Å²) in [4.78, 5) is 23.6. The highest BCUT2D eigenvalue weighted by Crippen LogP contribution is 2.26. The Hall–Kier alpha value is -1.59. The Labute approximate surface area is 116 Å². The van der Waals surface area contributed by atoms with Crippen molar-refractivity contribution in [1.82, 2.24) is 4.90 Å². The van der Waals surface area contributed by atoms with Crippen LogP contribution in [0.2, 0.25) is 5.02 Å². The molecular formula is C13H16ClNO4. The largest absolute Gasteiger partial charge is 0.480 e. The van der Waals surface area contributed by atoms with Crippen molar-refractivity contribution in [3.8, 4) is 0 Å². The maximum absolute atomic E-state index is 11.8. The van der Waals surface area contributed by atoms with Gasteiger partial charge in [0.05, 0.1) is 6.04 Å². The van der Waals surface area contributed by atoms with Gasteiger partial charge in [-0.05, 0) is 18.6 Å². The molecule has 1 unspecified atom stereocenters. The Bertz CT molecular complexity index is 464. The lowest BCUT2D eigenvalue weighted by Crippen LogP contribution is -2.33. The number of likely N-dealkylation sites (N-methyl/N-ethyl adjacent to an activating group) is 1. The fraction of sp³-hybridized carbons (Fsp3) is 0.385. The van der Waals surface area contributed by atoms with Gasteiger partial charge in [-0.1, -0.05) is 29.8 Å². The zero-order valence-corrected chi connectivity index (χ0v) is 11.6. The van der Waals surface area contributed by atoms with Gasteiger partial charge < -0.3 is 14.7 Å². The van der Waals surface area contributed by atoms with E-state index in [0.29, 0.717) is 5.02 Å². The number of carboxylic acids is 1. The molecule has 0 spiro atoms.